The van der Waals surface area contributed by atoms with E-state index in [0.717, 1.165) is 0 Å². The van der Waals surface area contributed by atoms with Crippen molar-refractivity contribution in [3.05, 3.63) is 46.1 Å². The van der Waals surface area contributed by atoms with Gasteiger partial charge in [-0.3, -0.25) is 19.5 Å². The number of nitrogens with zero attached hydrogens (tertiary/aromatic N) is 6. The molecule has 2 aliphatic rings. The van der Waals surface area contributed by atoms with Crippen LogP contribution in [0.2, 0.25) is 0 Å². The van der Waals surface area contributed by atoms with Crippen molar-refractivity contribution in [1.82, 2.24) is 34.2 Å². The average Bonchev–Trinajstić information content (AvgIpc) is 3.32. The molecule has 4 heterocycles. The van der Waals surface area contributed by atoms with Crippen LogP contribution in [0.1, 0.15) is 28.9 Å². The summed E-state index contributed by atoms with van der Waals surface area (Å²) in [7, 11) is 0. The number of carbonyl (C=O) groups is 1. The van der Waals surface area contributed by atoms with E-state index in [1.807, 2.05) is 4.90 Å². The van der Waals surface area contributed by atoms with Crippen LogP contribution >= 0.6 is 0 Å². The van der Waals surface area contributed by atoms with Crippen molar-refractivity contribution in [3.63, 3.8) is 0 Å². The molecule has 1 N–H and O–H groups in total. The molecule has 3 aromatic heterocycles. The number of halogens is 2. The predicted molar refractivity (Wildman–Crippen MR) is 103 cm³/mol. The zero-order valence-corrected chi connectivity index (χ0v) is 16.4. The Labute approximate surface area is 169 Å². The number of aromatic nitrogens is 5. The first-order chi connectivity index (χ1) is 14.3. The van der Waals surface area contributed by atoms with Gasteiger partial charge in [0.2, 0.25) is 5.95 Å². The average molecular weight is 417 g/mol. The summed E-state index contributed by atoms with van der Waals surface area (Å²) in [4.78, 5) is 31.6. The number of amides is 1. The van der Waals surface area contributed by atoms with Crippen molar-refractivity contribution in [2.24, 2.45) is 0 Å². The molecule has 11 heteroatoms. The molecule has 1 aliphatic heterocycles. The number of H-pyrrole nitrogens is 1. The first kappa shape index (κ1) is 18.9. The Morgan fingerprint density at radius 3 is 2.67 bits per heavy atom. The SMILES string of the molecule is Cc1c(C(=O)N2CCN(C3CC(F)(F)C3)CC2)cnn1-c1nn2cccc2c(=O)[nH]1. The number of hydrogen-bond donors (Lipinski definition) is 1. The van der Waals surface area contributed by atoms with Gasteiger partial charge in [-0.25, -0.2) is 18.0 Å². The highest BCUT2D eigenvalue weighted by molar-refractivity contribution is 5.95. The summed E-state index contributed by atoms with van der Waals surface area (Å²) < 4.78 is 29.1. The van der Waals surface area contributed by atoms with Gasteiger partial charge in [-0.15, -0.1) is 5.10 Å². The third-order valence-electron chi connectivity index (χ3n) is 6.02. The van der Waals surface area contributed by atoms with Gasteiger partial charge in [-0.05, 0) is 19.1 Å². The maximum absolute atomic E-state index is 13.1. The summed E-state index contributed by atoms with van der Waals surface area (Å²) in [6.45, 7) is 3.87. The quantitative estimate of drug-likeness (QED) is 0.689. The zero-order chi connectivity index (χ0) is 21.0. The van der Waals surface area contributed by atoms with Gasteiger partial charge in [0.1, 0.15) is 5.52 Å². The Kier molecular flexibility index (Phi) is 4.24. The molecular weight excluding hydrogens is 396 g/mol. The number of fused-ring (bicyclic) bond motifs is 1. The highest BCUT2D eigenvalue weighted by Crippen LogP contribution is 2.40. The lowest BCUT2D eigenvalue weighted by Gasteiger charge is -2.46. The van der Waals surface area contributed by atoms with Gasteiger partial charge in [-0.1, -0.05) is 0 Å². The van der Waals surface area contributed by atoms with Crippen LogP contribution in [0.25, 0.3) is 11.5 Å². The molecular formula is C19H21F2N7O2. The minimum atomic E-state index is -2.54. The summed E-state index contributed by atoms with van der Waals surface area (Å²) in [5.74, 6) is -2.49. The van der Waals surface area contributed by atoms with E-state index in [4.69, 9.17) is 0 Å². The largest absolute Gasteiger partial charge is 0.336 e. The molecule has 1 saturated heterocycles. The third-order valence-corrected chi connectivity index (χ3v) is 6.02. The number of rotatable bonds is 3. The zero-order valence-electron chi connectivity index (χ0n) is 16.4. The normalized spacial score (nSPS) is 19.9. The summed E-state index contributed by atoms with van der Waals surface area (Å²) in [5, 5.41) is 8.58. The van der Waals surface area contributed by atoms with Crippen molar-refractivity contribution < 1.29 is 13.6 Å². The van der Waals surface area contributed by atoms with E-state index >= 15 is 0 Å². The number of nitrogens with one attached hydrogen (secondary N) is 1. The monoisotopic (exact) mass is 417 g/mol. The van der Waals surface area contributed by atoms with Gasteiger partial charge >= 0.3 is 0 Å². The van der Waals surface area contributed by atoms with Crippen LogP contribution in [0.5, 0.6) is 0 Å². The fourth-order valence-electron chi connectivity index (χ4n) is 4.21. The van der Waals surface area contributed by atoms with Crippen LogP contribution in [0.3, 0.4) is 0 Å². The maximum Gasteiger partial charge on any atom is 0.276 e. The molecule has 0 unspecified atom stereocenters. The fraction of sp³-hybridized carbons (Fsp3) is 0.474. The van der Waals surface area contributed by atoms with Crippen molar-refractivity contribution in [3.8, 4) is 5.95 Å². The molecule has 0 spiro atoms. The Balaban J connectivity index is 1.31. The smallest absolute Gasteiger partial charge is 0.276 e. The second kappa shape index (κ2) is 6.73. The van der Waals surface area contributed by atoms with Crippen LogP contribution in [-0.2, 0) is 0 Å². The van der Waals surface area contributed by atoms with E-state index in [2.05, 4.69) is 15.2 Å². The topological polar surface area (TPSA) is 91.5 Å². The van der Waals surface area contributed by atoms with E-state index in [1.54, 1.807) is 30.2 Å². The van der Waals surface area contributed by atoms with Crippen LogP contribution in [-0.4, -0.2) is 78.2 Å². The van der Waals surface area contributed by atoms with Gasteiger partial charge in [0.15, 0.2) is 0 Å². The number of piperazine rings is 1. The standard InChI is InChI=1S/C19H21F2N7O2/c1-12-14(11-22-28(12)18-23-16(29)15-3-2-4-27(15)24-18)17(30)26-7-5-25(6-8-26)13-9-19(20,21)10-13/h2-4,11,13H,5-10H2,1H3,(H,23,24,29). The molecule has 5 rings (SSSR count). The molecule has 0 bridgehead atoms. The highest BCUT2D eigenvalue weighted by Gasteiger charge is 2.48. The van der Waals surface area contributed by atoms with Crippen molar-refractivity contribution >= 4 is 11.4 Å². The lowest BCUT2D eigenvalue weighted by Crippen LogP contribution is -2.57. The van der Waals surface area contributed by atoms with E-state index in [1.165, 1.54) is 15.4 Å². The summed E-state index contributed by atoms with van der Waals surface area (Å²) in [6, 6.07) is 3.29. The lowest BCUT2D eigenvalue weighted by molar-refractivity contribution is -0.128. The molecule has 0 radical (unpaired) electrons. The fourth-order valence-corrected chi connectivity index (χ4v) is 4.21. The van der Waals surface area contributed by atoms with E-state index in [-0.39, 0.29) is 36.3 Å². The van der Waals surface area contributed by atoms with Gasteiger partial charge < -0.3 is 4.90 Å². The van der Waals surface area contributed by atoms with Gasteiger partial charge in [-0.2, -0.15) is 5.10 Å². The Morgan fingerprint density at radius 1 is 1.23 bits per heavy atom. The molecule has 1 amide bonds. The molecule has 0 atom stereocenters. The molecule has 158 valence electrons. The van der Waals surface area contributed by atoms with Gasteiger partial charge in [0.05, 0.1) is 17.5 Å². The summed E-state index contributed by atoms with van der Waals surface area (Å²) >= 11 is 0. The van der Waals surface area contributed by atoms with E-state index < -0.39 is 5.92 Å². The first-order valence-corrected chi connectivity index (χ1v) is 9.86. The van der Waals surface area contributed by atoms with Crippen molar-refractivity contribution in [2.75, 3.05) is 26.2 Å². The summed E-state index contributed by atoms with van der Waals surface area (Å²) in [5.41, 5.74) is 1.11. The lowest BCUT2D eigenvalue weighted by atomic mass is 9.86. The van der Waals surface area contributed by atoms with E-state index in [9.17, 15) is 18.4 Å². The molecule has 1 aliphatic carbocycles. The van der Waals surface area contributed by atoms with Crippen LogP contribution in [0, 0.1) is 6.92 Å². The van der Waals surface area contributed by atoms with Crippen LogP contribution in [0.4, 0.5) is 8.78 Å². The molecule has 2 fully saturated rings. The van der Waals surface area contributed by atoms with Crippen molar-refractivity contribution in [2.45, 2.75) is 31.7 Å². The molecule has 9 nitrogen and oxygen atoms in total. The number of aromatic amines is 1. The minimum Gasteiger partial charge on any atom is -0.336 e. The van der Waals surface area contributed by atoms with Gasteiger partial charge in [0.25, 0.3) is 17.4 Å². The first-order valence-electron chi connectivity index (χ1n) is 9.86. The second-order valence-electron chi connectivity index (χ2n) is 7.92. The van der Waals surface area contributed by atoms with Crippen LogP contribution in [0.15, 0.2) is 29.3 Å². The molecule has 30 heavy (non-hydrogen) atoms. The van der Waals surface area contributed by atoms with Gasteiger partial charge in [0, 0.05) is 51.3 Å². The Morgan fingerprint density at radius 2 is 1.97 bits per heavy atom. The second-order valence-corrected chi connectivity index (χ2v) is 7.92. The van der Waals surface area contributed by atoms with Crippen LogP contribution < -0.4 is 5.56 Å². The number of alkyl halides is 2. The predicted octanol–water partition coefficient (Wildman–Crippen LogP) is 1.07. The van der Waals surface area contributed by atoms with Crippen molar-refractivity contribution in [1.29, 1.82) is 0 Å². The molecule has 1 saturated carbocycles. The summed E-state index contributed by atoms with van der Waals surface area (Å²) in [6.07, 6.45) is 2.94. The van der Waals surface area contributed by atoms with E-state index in [0.29, 0.717) is 43.0 Å². The molecule has 3 aromatic rings. The number of carbonyl (C=O) groups excluding carboxylic acids is 1. The molecule has 0 aromatic carbocycles. The maximum atomic E-state index is 13.1. The number of hydrogen-bond acceptors (Lipinski definition) is 5. The Hall–Kier alpha value is -3.08. The Bertz CT molecular complexity index is 1170. The third kappa shape index (κ3) is 3.09. The minimum absolute atomic E-state index is 0.0896. The highest BCUT2D eigenvalue weighted by atomic mass is 19.3.